The summed E-state index contributed by atoms with van der Waals surface area (Å²) < 4.78 is 0. The van der Waals surface area contributed by atoms with E-state index < -0.39 is 0 Å². The Balaban J connectivity index is 2.74. The van der Waals surface area contributed by atoms with Crippen LogP contribution in [0.2, 0.25) is 0 Å². The summed E-state index contributed by atoms with van der Waals surface area (Å²) >= 11 is 5.89. The summed E-state index contributed by atoms with van der Waals surface area (Å²) in [5, 5.41) is 15.6. The first kappa shape index (κ1) is 19.5. The molecule has 1 aromatic carbocycles. The van der Waals surface area contributed by atoms with Crippen molar-refractivity contribution in [2.45, 2.75) is 13.8 Å². The van der Waals surface area contributed by atoms with Gasteiger partial charge in [-0.05, 0) is 56.4 Å². The van der Waals surface area contributed by atoms with Crippen LogP contribution in [-0.4, -0.2) is 21.8 Å². The maximum atomic E-state index is 11.1. The number of phenols is 1. The van der Waals surface area contributed by atoms with Gasteiger partial charge in [-0.1, -0.05) is 18.7 Å². The van der Waals surface area contributed by atoms with Gasteiger partial charge in [0.1, 0.15) is 5.75 Å². The van der Waals surface area contributed by atoms with Gasteiger partial charge in [0.25, 0.3) is 0 Å². The predicted octanol–water partition coefficient (Wildman–Crippen LogP) is 3.39. The highest BCUT2D eigenvalue weighted by atomic mass is 35.5. The van der Waals surface area contributed by atoms with E-state index >= 15 is 0 Å². The standard InChI is InChI=1S/C21H21ClN2O2/c1-4-15(8-6-7-14(3)25)23-21-17(5-2)20(11-12-22)24-19-10-9-16(26)13-18(19)21/h4-11,13,23,26H,1,12H2,2-3H3/b7-6+,15-8+,17-5+,20-11+. The van der Waals surface area contributed by atoms with Crippen LogP contribution in [0, 0.1) is 0 Å². The molecule has 2 aromatic rings. The normalized spacial score (nSPS) is 13.6. The minimum atomic E-state index is -0.0366. The zero-order valence-corrected chi connectivity index (χ0v) is 15.5. The van der Waals surface area contributed by atoms with Gasteiger partial charge in [0, 0.05) is 22.2 Å². The SMILES string of the molecule is C=C/C(=C\C=C\C(C)=O)Nc1c(=C/C)/c(=C\CCl)nc2ccc(O)cc12. The summed E-state index contributed by atoms with van der Waals surface area (Å²) in [6.45, 7) is 7.21. The first-order chi connectivity index (χ1) is 12.5. The number of hydrogen-bond acceptors (Lipinski definition) is 4. The molecular weight excluding hydrogens is 348 g/mol. The number of aromatic hydroxyl groups is 1. The number of rotatable bonds is 6. The van der Waals surface area contributed by atoms with E-state index in [9.17, 15) is 9.90 Å². The quantitative estimate of drug-likeness (QED) is 0.466. The number of alkyl halides is 1. The van der Waals surface area contributed by atoms with Gasteiger partial charge >= 0.3 is 0 Å². The highest BCUT2D eigenvalue weighted by Crippen LogP contribution is 2.23. The Morgan fingerprint density at radius 2 is 2.19 bits per heavy atom. The van der Waals surface area contributed by atoms with Crippen molar-refractivity contribution in [2.75, 3.05) is 11.2 Å². The lowest BCUT2D eigenvalue weighted by molar-refractivity contribution is -0.112. The smallest absolute Gasteiger partial charge is 0.152 e. The number of fused-ring (bicyclic) bond motifs is 1. The fraction of sp³-hybridized carbons (Fsp3) is 0.143. The molecule has 2 rings (SSSR count). The topological polar surface area (TPSA) is 62.2 Å². The van der Waals surface area contributed by atoms with Crippen LogP contribution < -0.4 is 15.9 Å². The van der Waals surface area contributed by atoms with Gasteiger partial charge in [-0.15, -0.1) is 11.6 Å². The highest BCUT2D eigenvalue weighted by molar-refractivity contribution is 6.20. The zero-order chi connectivity index (χ0) is 19.1. The Hall–Kier alpha value is -2.85. The van der Waals surface area contributed by atoms with E-state index in [-0.39, 0.29) is 11.5 Å². The number of pyridine rings is 1. The zero-order valence-electron chi connectivity index (χ0n) is 14.8. The van der Waals surface area contributed by atoms with Gasteiger partial charge in [-0.25, -0.2) is 4.98 Å². The van der Waals surface area contributed by atoms with E-state index in [4.69, 9.17) is 11.6 Å². The summed E-state index contributed by atoms with van der Waals surface area (Å²) in [4.78, 5) is 15.7. The second kappa shape index (κ2) is 9.02. The first-order valence-electron chi connectivity index (χ1n) is 8.13. The number of carbonyl (C=O) groups excluding carboxylic acids is 1. The summed E-state index contributed by atoms with van der Waals surface area (Å²) in [5.41, 5.74) is 2.22. The number of halogens is 1. The van der Waals surface area contributed by atoms with E-state index in [2.05, 4.69) is 16.9 Å². The van der Waals surface area contributed by atoms with Gasteiger partial charge in [0.05, 0.1) is 16.6 Å². The second-order valence-electron chi connectivity index (χ2n) is 5.56. The van der Waals surface area contributed by atoms with Gasteiger partial charge in [-0.3, -0.25) is 4.79 Å². The van der Waals surface area contributed by atoms with E-state index in [1.807, 2.05) is 19.1 Å². The largest absolute Gasteiger partial charge is 0.508 e. The highest BCUT2D eigenvalue weighted by Gasteiger charge is 2.08. The monoisotopic (exact) mass is 368 g/mol. The van der Waals surface area contributed by atoms with Crippen molar-refractivity contribution in [1.29, 1.82) is 0 Å². The molecule has 2 N–H and O–H groups in total. The van der Waals surface area contributed by atoms with Crippen LogP contribution in [0.5, 0.6) is 5.75 Å². The Kier molecular flexibility index (Phi) is 6.75. The van der Waals surface area contributed by atoms with Crippen LogP contribution in [-0.2, 0) is 4.79 Å². The molecule has 0 bridgehead atoms. The molecule has 5 heteroatoms. The number of phenolic OH excluding ortho intramolecular Hbond substituents is 1. The Labute approximate surface area is 157 Å². The van der Waals surface area contributed by atoms with Crippen molar-refractivity contribution in [1.82, 2.24) is 4.98 Å². The van der Waals surface area contributed by atoms with E-state index in [1.165, 1.54) is 13.0 Å². The number of nitrogens with zero attached hydrogens (tertiary/aromatic N) is 1. The number of ketones is 1. The van der Waals surface area contributed by atoms with Gasteiger partial charge in [0.2, 0.25) is 0 Å². The second-order valence-corrected chi connectivity index (χ2v) is 5.86. The minimum Gasteiger partial charge on any atom is -0.508 e. The lowest BCUT2D eigenvalue weighted by atomic mass is 10.1. The maximum absolute atomic E-state index is 11.1. The fourth-order valence-electron chi connectivity index (χ4n) is 2.53. The number of hydrogen-bond donors (Lipinski definition) is 2. The third-order valence-corrected chi connectivity index (χ3v) is 3.85. The van der Waals surface area contributed by atoms with Gasteiger partial charge < -0.3 is 10.4 Å². The molecule has 0 radical (unpaired) electrons. The third-order valence-electron chi connectivity index (χ3n) is 3.69. The molecule has 0 saturated carbocycles. The van der Waals surface area contributed by atoms with Crippen LogP contribution >= 0.6 is 11.6 Å². The van der Waals surface area contributed by atoms with Crippen molar-refractivity contribution in [3.05, 3.63) is 65.3 Å². The van der Waals surface area contributed by atoms with Crippen molar-refractivity contribution >= 4 is 46.1 Å². The summed E-state index contributed by atoms with van der Waals surface area (Å²) in [5.74, 6) is 0.451. The predicted molar refractivity (Wildman–Crippen MR) is 110 cm³/mol. The average Bonchev–Trinajstić information content (AvgIpc) is 2.61. The molecule has 0 saturated heterocycles. The maximum Gasteiger partial charge on any atom is 0.152 e. The Morgan fingerprint density at radius 1 is 1.42 bits per heavy atom. The van der Waals surface area contributed by atoms with Crippen LogP contribution in [0.4, 0.5) is 5.69 Å². The molecule has 0 aliphatic carbocycles. The molecule has 0 atom stereocenters. The van der Waals surface area contributed by atoms with Crippen LogP contribution in [0.1, 0.15) is 13.8 Å². The molecule has 0 amide bonds. The number of anilines is 1. The van der Waals surface area contributed by atoms with Crippen LogP contribution in [0.3, 0.4) is 0 Å². The number of aromatic nitrogens is 1. The van der Waals surface area contributed by atoms with Crippen molar-refractivity contribution in [3.63, 3.8) is 0 Å². The van der Waals surface area contributed by atoms with E-state index in [0.29, 0.717) is 11.6 Å². The first-order valence-corrected chi connectivity index (χ1v) is 8.67. The Morgan fingerprint density at radius 3 is 2.81 bits per heavy atom. The van der Waals surface area contributed by atoms with Gasteiger partial charge in [-0.2, -0.15) is 0 Å². The molecule has 0 fully saturated rings. The molecule has 4 nitrogen and oxygen atoms in total. The lowest BCUT2D eigenvalue weighted by Crippen LogP contribution is -2.31. The molecule has 26 heavy (non-hydrogen) atoms. The number of benzene rings is 1. The van der Waals surface area contributed by atoms with Crippen molar-refractivity contribution in [3.8, 4) is 5.75 Å². The third kappa shape index (κ3) is 4.61. The van der Waals surface area contributed by atoms with Crippen LogP contribution in [0.15, 0.2) is 54.8 Å². The molecule has 0 aliphatic rings. The van der Waals surface area contributed by atoms with E-state index in [1.54, 1.807) is 36.4 Å². The van der Waals surface area contributed by atoms with Crippen molar-refractivity contribution in [2.24, 2.45) is 0 Å². The molecular formula is C21H21ClN2O2. The van der Waals surface area contributed by atoms with Crippen molar-refractivity contribution < 1.29 is 9.90 Å². The lowest BCUT2D eigenvalue weighted by Gasteiger charge is -2.12. The molecule has 0 aliphatic heterocycles. The number of allylic oxidation sites excluding steroid dienone is 4. The summed E-state index contributed by atoms with van der Waals surface area (Å²) in [7, 11) is 0. The van der Waals surface area contributed by atoms with E-state index in [0.717, 1.165) is 27.2 Å². The Bertz CT molecular complexity index is 1020. The molecule has 1 heterocycles. The molecule has 0 spiro atoms. The molecule has 134 valence electrons. The average molecular weight is 369 g/mol. The minimum absolute atomic E-state index is 0.0366. The molecule has 1 aromatic heterocycles. The summed E-state index contributed by atoms with van der Waals surface area (Å²) in [6.07, 6.45) is 10.3. The summed E-state index contributed by atoms with van der Waals surface area (Å²) in [6, 6.07) is 5.01. The van der Waals surface area contributed by atoms with Crippen LogP contribution in [0.25, 0.3) is 23.1 Å². The fourth-order valence-corrected chi connectivity index (χ4v) is 2.68. The number of carbonyl (C=O) groups is 1. The van der Waals surface area contributed by atoms with Gasteiger partial charge in [0.15, 0.2) is 5.78 Å². The number of nitrogens with one attached hydrogen (secondary N) is 1. The molecule has 0 unspecified atom stereocenters.